The number of benzene rings is 2. The van der Waals surface area contributed by atoms with Crippen LogP contribution in [0.3, 0.4) is 0 Å². The average molecular weight is 452 g/mol. The molecule has 1 amide bonds. The number of rotatable bonds is 9. The maximum atomic E-state index is 12.8. The quantitative estimate of drug-likeness (QED) is 0.527. The second-order valence-corrected chi connectivity index (χ2v) is 8.55. The molecule has 7 nitrogen and oxygen atoms in total. The molecule has 0 saturated carbocycles. The lowest BCUT2D eigenvalue weighted by Gasteiger charge is -2.14. The van der Waals surface area contributed by atoms with Gasteiger partial charge in [-0.1, -0.05) is 13.0 Å². The maximum Gasteiger partial charge on any atom is 0.331 e. The Morgan fingerprint density at radius 3 is 2.39 bits per heavy atom. The van der Waals surface area contributed by atoms with Crippen LogP contribution in [0.15, 0.2) is 46.0 Å². The highest BCUT2D eigenvalue weighted by Gasteiger charge is 2.14. The fourth-order valence-corrected chi connectivity index (χ4v) is 3.90. The van der Waals surface area contributed by atoms with Crippen molar-refractivity contribution in [2.45, 2.75) is 60.5 Å². The third kappa shape index (κ3) is 5.53. The zero-order valence-corrected chi connectivity index (χ0v) is 20.1. The molecule has 0 radical (unpaired) electrons. The van der Waals surface area contributed by atoms with Gasteiger partial charge in [0.1, 0.15) is 5.75 Å². The van der Waals surface area contributed by atoms with E-state index in [4.69, 9.17) is 4.74 Å². The first-order valence-corrected chi connectivity index (χ1v) is 11.5. The summed E-state index contributed by atoms with van der Waals surface area (Å²) in [7, 11) is 0. The third-order valence-corrected chi connectivity index (χ3v) is 6.03. The molecule has 0 bridgehead atoms. The first-order valence-electron chi connectivity index (χ1n) is 11.5. The van der Waals surface area contributed by atoms with Crippen molar-refractivity contribution < 1.29 is 9.53 Å². The molecule has 1 N–H and O–H groups in total. The summed E-state index contributed by atoms with van der Waals surface area (Å²) in [4.78, 5) is 37.8. The molecule has 2 aromatic carbocycles. The van der Waals surface area contributed by atoms with Gasteiger partial charge in [0.25, 0.3) is 5.56 Å². The van der Waals surface area contributed by atoms with E-state index in [1.807, 2.05) is 32.0 Å². The predicted molar refractivity (Wildman–Crippen MR) is 132 cm³/mol. The summed E-state index contributed by atoms with van der Waals surface area (Å²) in [6.45, 7) is 11.1. The number of carbonyl (C=O) groups is 1. The van der Waals surface area contributed by atoms with Crippen LogP contribution in [0.2, 0.25) is 0 Å². The Hall–Kier alpha value is -3.35. The number of amides is 1. The predicted octanol–water partition coefficient (Wildman–Crippen LogP) is 4.25. The number of fused-ring (bicyclic) bond motifs is 1. The second kappa shape index (κ2) is 10.5. The Morgan fingerprint density at radius 2 is 1.73 bits per heavy atom. The Balaban J connectivity index is 1.63. The summed E-state index contributed by atoms with van der Waals surface area (Å²) in [6, 6.07) is 11.1. The maximum absolute atomic E-state index is 12.8. The lowest BCUT2D eigenvalue weighted by atomic mass is 10.0. The molecule has 3 aromatic rings. The average Bonchev–Trinajstić information content (AvgIpc) is 2.77. The number of nitrogens with zero attached hydrogens (tertiary/aromatic N) is 2. The molecule has 3 rings (SSSR count). The van der Waals surface area contributed by atoms with E-state index < -0.39 is 0 Å². The summed E-state index contributed by atoms with van der Waals surface area (Å²) in [5.74, 6) is 0.862. The van der Waals surface area contributed by atoms with Crippen LogP contribution in [-0.4, -0.2) is 21.6 Å². The molecule has 1 heterocycles. The van der Waals surface area contributed by atoms with Gasteiger partial charge in [0.15, 0.2) is 0 Å². The molecule has 0 saturated heterocycles. The van der Waals surface area contributed by atoms with Crippen molar-refractivity contribution in [3.63, 3.8) is 0 Å². The molecule has 1 atom stereocenters. The van der Waals surface area contributed by atoms with Crippen molar-refractivity contribution in [3.05, 3.63) is 68.4 Å². The topological polar surface area (TPSA) is 82.3 Å². The monoisotopic (exact) mass is 451 g/mol. The fourth-order valence-electron chi connectivity index (χ4n) is 3.90. The summed E-state index contributed by atoms with van der Waals surface area (Å²) >= 11 is 0. The summed E-state index contributed by atoms with van der Waals surface area (Å²) in [5, 5.41) is 3.31. The summed E-state index contributed by atoms with van der Waals surface area (Å²) in [6.07, 6.45) is 1.10. The van der Waals surface area contributed by atoms with Crippen LogP contribution in [0.1, 0.15) is 44.7 Å². The summed E-state index contributed by atoms with van der Waals surface area (Å²) < 4.78 is 8.62. The van der Waals surface area contributed by atoms with Gasteiger partial charge in [0.2, 0.25) is 5.91 Å². The van der Waals surface area contributed by atoms with Crippen molar-refractivity contribution in [2.24, 2.45) is 5.92 Å². The van der Waals surface area contributed by atoms with Crippen LogP contribution < -0.4 is 21.3 Å². The second-order valence-electron chi connectivity index (χ2n) is 8.55. The minimum absolute atomic E-state index is 0.118. The Labute approximate surface area is 194 Å². The SMILES string of the molecule is CCn1c(=O)c2cc(NC(=O)CC(C)CCOc3ccc(C)c(C)c3)ccc2n(CC)c1=O. The molecule has 0 aliphatic heterocycles. The van der Waals surface area contributed by atoms with Gasteiger partial charge in [-0.05, 0) is 81.5 Å². The molecular formula is C26H33N3O4. The first kappa shape index (κ1) is 24.3. The van der Waals surface area contributed by atoms with E-state index >= 15 is 0 Å². The lowest BCUT2D eigenvalue weighted by Crippen LogP contribution is -2.39. The van der Waals surface area contributed by atoms with Crippen LogP contribution in [0.4, 0.5) is 5.69 Å². The fraction of sp³-hybridized carbons (Fsp3) is 0.423. The van der Waals surface area contributed by atoms with Gasteiger partial charge in [-0.25, -0.2) is 4.79 Å². The molecule has 1 unspecified atom stereocenters. The minimum atomic E-state index is -0.338. The summed E-state index contributed by atoms with van der Waals surface area (Å²) in [5.41, 5.74) is 2.89. The van der Waals surface area contributed by atoms with Crippen molar-refractivity contribution in [2.75, 3.05) is 11.9 Å². The van der Waals surface area contributed by atoms with Gasteiger partial charge >= 0.3 is 5.69 Å². The standard InChI is InChI=1S/C26H33N3O4/c1-6-28-23-11-9-20(16-22(23)25(31)29(7-2)26(28)32)27-24(30)14-17(3)12-13-33-21-10-8-18(4)19(5)15-21/h8-11,15-17H,6-7,12-14H2,1-5H3,(H,27,30). The van der Waals surface area contributed by atoms with Gasteiger partial charge in [-0.15, -0.1) is 0 Å². The van der Waals surface area contributed by atoms with E-state index in [0.29, 0.717) is 42.7 Å². The number of aryl methyl sites for hydroxylation is 3. The number of ether oxygens (including phenoxy) is 1. The Kier molecular flexibility index (Phi) is 7.74. The smallest absolute Gasteiger partial charge is 0.331 e. The number of hydrogen-bond donors (Lipinski definition) is 1. The molecule has 0 fully saturated rings. The number of anilines is 1. The molecule has 176 valence electrons. The van der Waals surface area contributed by atoms with Crippen LogP contribution in [0.25, 0.3) is 10.9 Å². The van der Waals surface area contributed by atoms with Crippen molar-refractivity contribution in [3.8, 4) is 5.75 Å². The normalized spacial score (nSPS) is 12.0. The van der Waals surface area contributed by atoms with Gasteiger partial charge in [0, 0.05) is 25.2 Å². The Morgan fingerprint density at radius 1 is 1.00 bits per heavy atom. The van der Waals surface area contributed by atoms with Crippen molar-refractivity contribution in [1.82, 2.24) is 9.13 Å². The van der Waals surface area contributed by atoms with E-state index in [1.165, 1.54) is 15.7 Å². The minimum Gasteiger partial charge on any atom is -0.494 e. The van der Waals surface area contributed by atoms with E-state index in [9.17, 15) is 14.4 Å². The van der Waals surface area contributed by atoms with E-state index in [0.717, 1.165) is 12.2 Å². The van der Waals surface area contributed by atoms with Crippen LogP contribution in [-0.2, 0) is 17.9 Å². The van der Waals surface area contributed by atoms with Gasteiger partial charge < -0.3 is 10.1 Å². The van der Waals surface area contributed by atoms with E-state index in [2.05, 4.69) is 19.2 Å². The largest absolute Gasteiger partial charge is 0.494 e. The number of aromatic nitrogens is 2. The van der Waals surface area contributed by atoms with E-state index in [-0.39, 0.29) is 23.1 Å². The number of hydrogen-bond acceptors (Lipinski definition) is 4. The van der Waals surface area contributed by atoms with Gasteiger partial charge in [-0.3, -0.25) is 18.7 Å². The van der Waals surface area contributed by atoms with Crippen LogP contribution in [0, 0.1) is 19.8 Å². The zero-order chi connectivity index (χ0) is 24.1. The van der Waals surface area contributed by atoms with Crippen molar-refractivity contribution >= 4 is 22.5 Å². The third-order valence-electron chi connectivity index (χ3n) is 6.03. The first-order chi connectivity index (χ1) is 15.7. The molecule has 0 aliphatic rings. The highest BCUT2D eigenvalue weighted by atomic mass is 16.5. The molecule has 1 aromatic heterocycles. The van der Waals surface area contributed by atoms with Crippen LogP contribution >= 0.6 is 0 Å². The van der Waals surface area contributed by atoms with Crippen molar-refractivity contribution in [1.29, 1.82) is 0 Å². The zero-order valence-electron chi connectivity index (χ0n) is 20.1. The molecular weight excluding hydrogens is 418 g/mol. The molecule has 0 spiro atoms. The molecule has 33 heavy (non-hydrogen) atoms. The highest BCUT2D eigenvalue weighted by molar-refractivity contribution is 5.93. The number of carbonyl (C=O) groups excluding carboxylic acids is 1. The lowest BCUT2D eigenvalue weighted by molar-refractivity contribution is -0.117. The van der Waals surface area contributed by atoms with Crippen LogP contribution in [0.5, 0.6) is 5.75 Å². The van der Waals surface area contributed by atoms with E-state index in [1.54, 1.807) is 29.7 Å². The highest BCUT2D eigenvalue weighted by Crippen LogP contribution is 2.19. The molecule has 0 aliphatic carbocycles. The Bertz CT molecular complexity index is 1270. The van der Waals surface area contributed by atoms with Gasteiger partial charge in [-0.2, -0.15) is 0 Å². The number of nitrogens with one attached hydrogen (secondary N) is 1. The molecule has 7 heteroatoms. The van der Waals surface area contributed by atoms with Gasteiger partial charge in [0.05, 0.1) is 17.5 Å².